The van der Waals surface area contributed by atoms with E-state index >= 15 is 0 Å². The normalized spacial score (nSPS) is 10.1. The smallest absolute Gasteiger partial charge is 0.263 e. The lowest BCUT2D eigenvalue weighted by Gasteiger charge is -2.01. The number of carbonyl (C=O) groups excluding carboxylic acids is 1. The van der Waals surface area contributed by atoms with Gasteiger partial charge in [-0.1, -0.05) is 0 Å². The second-order valence-electron chi connectivity index (χ2n) is 2.97. The topological polar surface area (TPSA) is 68.3 Å². The minimum absolute atomic E-state index is 0.168. The molecule has 2 heterocycles. The zero-order chi connectivity index (χ0) is 10.7. The molecule has 0 aliphatic heterocycles. The van der Waals surface area contributed by atoms with Crippen molar-refractivity contribution in [2.75, 3.05) is 5.73 Å². The van der Waals surface area contributed by atoms with Crippen molar-refractivity contribution in [3.8, 4) is 0 Å². The number of hydrogen-bond donors (Lipinski definition) is 2. The molecule has 0 aliphatic rings. The lowest BCUT2D eigenvalue weighted by Crippen LogP contribution is -2.22. The van der Waals surface area contributed by atoms with E-state index in [2.05, 4.69) is 5.32 Å². The number of amides is 1. The molecule has 4 nitrogen and oxygen atoms in total. The summed E-state index contributed by atoms with van der Waals surface area (Å²) in [6, 6.07) is 5.30. The van der Waals surface area contributed by atoms with Gasteiger partial charge in [0.15, 0.2) is 0 Å². The summed E-state index contributed by atoms with van der Waals surface area (Å²) >= 11 is 1.33. The van der Waals surface area contributed by atoms with Crippen LogP contribution in [0.15, 0.2) is 34.3 Å². The van der Waals surface area contributed by atoms with Crippen molar-refractivity contribution in [2.24, 2.45) is 0 Å². The number of nitrogens with two attached hydrogens (primary N) is 1. The van der Waals surface area contributed by atoms with Gasteiger partial charge in [-0.25, -0.2) is 0 Å². The summed E-state index contributed by atoms with van der Waals surface area (Å²) in [7, 11) is 0. The van der Waals surface area contributed by atoms with E-state index in [4.69, 9.17) is 10.2 Å². The zero-order valence-corrected chi connectivity index (χ0v) is 8.71. The predicted molar refractivity (Wildman–Crippen MR) is 58.6 cm³/mol. The average molecular weight is 222 g/mol. The lowest BCUT2D eigenvalue weighted by molar-refractivity contribution is 0.0953. The molecule has 0 radical (unpaired) electrons. The number of rotatable bonds is 3. The van der Waals surface area contributed by atoms with Gasteiger partial charge >= 0.3 is 0 Å². The summed E-state index contributed by atoms with van der Waals surface area (Å²) in [5.74, 6) is 0.553. The quantitative estimate of drug-likeness (QED) is 0.832. The Labute approximate surface area is 90.7 Å². The zero-order valence-electron chi connectivity index (χ0n) is 7.90. The Morgan fingerprint density at radius 2 is 2.40 bits per heavy atom. The van der Waals surface area contributed by atoms with Gasteiger partial charge in [0.25, 0.3) is 5.91 Å². The number of carbonyl (C=O) groups is 1. The predicted octanol–water partition coefficient (Wildman–Crippen LogP) is 1.85. The highest BCUT2D eigenvalue weighted by atomic mass is 32.1. The van der Waals surface area contributed by atoms with Crippen molar-refractivity contribution in [2.45, 2.75) is 6.54 Å². The summed E-state index contributed by atoms with van der Waals surface area (Å²) < 4.78 is 5.09. The molecule has 0 saturated carbocycles. The van der Waals surface area contributed by atoms with E-state index in [9.17, 15) is 4.79 Å². The average Bonchev–Trinajstić information content (AvgIpc) is 2.84. The van der Waals surface area contributed by atoms with E-state index in [1.807, 2.05) is 0 Å². The van der Waals surface area contributed by atoms with Gasteiger partial charge < -0.3 is 15.5 Å². The molecule has 0 aromatic carbocycles. The fourth-order valence-corrected chi connectivity index (χ4v) is 1.90. The number of nitrogens with one attached hydrogen (secondary N) is 1. The molecular weight excluding hydrogens is 212 g/mol. The van der Waals surface area contributed by atoms with Crippen LogP contribution in [-0.2, 0) is 6.54 Å². The van der Waals surface area contributed by atoms with Crippen LogP contribution < -0.4 is 11.1 Å². The Morgan fingerprint density at radius 3 is 3.00 bits per heavy atom. The molecule has 2 aromatic rings. The van der Waals surface area contributed by atoms with Crippen molar-refractivity contribution in [3.63, 3.8) is 0 Å². The summed E-state index contributed by atoms with van der Waals surface area (Å²) in [5.41, 5.74) is 6.13. The molecule has 0 aliphatic carbocycles. The van der Waals surface area contributed by atoms with Crippen LogP contribution in [0.5, 0.6) is 0 Å². The maximum atomic E-state index is 11.6. The third kappa shape index (κ3) is 2.19. The molecule has 5 heteroatoms. The van der Waals surface area contributed by atoms with E-state index in [0.717, 1.165) is 5.76 Å². The molecule has 2 aromatic heterocycles. The Balaban J connectivity index is 1.96. The maximum absolute atomic E-state index is 11.6. The molecule has 2 rings (SSSR count). The van der Waals surface area contributed by atoms with Gasteiger partial charge in [-0.15, -0.1) is 11.3 Å². The SMILES string of the molecule is Nc1ccsc1C(=O)NCc1ccco1. The highest BCUT2D eigenvalue weighted by Crippen LogP contribution is 2.18. The molecule has 1 amide bonds. The van der Waals surface area contributed by atoms with Crippen molar-refractivity contribution in [1.82, 2.24) is 5.32 Å². The van der Waals surface area contributed by atoms with Gasteiger partial charge in [0.05, 0.1) is 18.5 Å². The summed E-state index contributed by atoms with van der Waals surface area (Å²) in [6.07, 6.45) is 1.57. The van der Waals surface area contributed by atoms with E-state index in [1.165, 1.54) is 11.3 Å². The molecule has 0 atom stereocenters. The minimum atomic E-state index is -0.168. The Morgan fingerprint density at radius 1 is 1.53 bits per heavy atom. The van der Waals surface area contributed by atoms with E-state index < -0.39 is 0 Å². The number of furan rings is 1. The second kappa shape index (κ2) is 4.18. The third-order valence-corrected chi connectivity index (χ3v) is 2.83. The summed E-state index contributed by atoms with van der Waals surface area (Å²) in [4.78, 5) is 12.1. The van der Waals surface area contributed by atoms with Crippen molar-refractivity contribution < 1.29 is 9.21 Å². The molecule has 78 valence electrons. The van der Waals surface area contributed by atoms with Gasteiger partial charge in [-0.3, -0.25) is 4.79 Å². The molecule has 0 fully saturated rings. The second-order valence-corrected chi connectivity index (χ2v) is 3.88. The Hall–Kier alpha value is -1.75. The minimum Gasteiger partial charge on any atom is -0.467 e. The molecule has 0 saturated heterocycles. The Bertz CT molecular complexity index is 448. The van der Waals surface area contributed by atoms with Crippen LogP contribution in [0.4, 0.5) is 5.69 Å². The number of hydrogen-bond acceptors (Lipinski definition) is 4. The number of nitrogen functional groups attached to an aromatic ring is 1. The summed E-state index contributed by atoms with van der Waals surface area (Å²) in [5, 5.41) is 4.51. The van der Waals surface area contributed by atoms with E-state index in [-0.39, 0.29) is 5.91 Å². The van der Waals surface area contributed by atoms with Gasteiger partial charge in [0.1, 0.15) is 10.6 Å². The van der Waals surface area contributed by atoms with E-state index in [0.29, 0.717) is 17.1 Å². The largest absolute Gasteiger partial charge is 0.467 e. The van der Waals surface area contributed by atoms with E-state index in [1.54, 1.807) is 29.8 Å². The standard InChI is InChI=1S/C10H10N2O2S/c11-8-3-5-15-9(8)10(13)12-6-7-2-1-4-14-7/h1-5H,6,11H2,(H,12,13). The first-order chi connectivity index (χ1) is 7.27. The van der Waals surface area contributed by atoms with Crippen LogP contribution in [0.2, 0.25) is 0 Å². The van der Waals surface area contributed by atoms with Crippen LogP contribution in [-0.4, -0.2) is 5.91 Å². The molecule has 0 spiro atoms. The third-order valence-electron chi connectivity index (χ3n) is 1.91. The molecule has 15 heavy (non-hydrogen) atoms. The maximum Gasteiger partial charge on any atom is 0.263 e. The monoisotopic (exact) mass is 222 g/mol. The first kappa shape index (κ1) is 9.79. The molecule has 0 unspecified atom stereocenters. The van der Waals surface area contributed by atoms with Crippen molar-refractivity contribution in [3.05, 3.63) is 40.5 Å². The fourth-order valence-electron chi connectivity index (χ4n) is 1.16. The van der Waals surface area contributed by atoms with Crippen LogP contribution in [0.25, 0.3) is 0 Å². The summed E-state index contributed by atoms with van der Waals surface area (Å²) in [6.45, 7) is 0.378. The highest BCUT2D eigenvalue weighted by molar-refractivity contribution is 7.12. The van der Waals surface area contributed by atoms with Crippen molar-refractivity contribution >= 4 is 22.9 Å². The first-order valence-electron chi connectivity index (χ1n) is 4.41. The van der Waals surface area contributed by atoms with Crippen LogP contribution in [0.1, 0.15) is 15.4 Å². The van der Waals surface area contributed by atoms with Crippen LogP contribution >= 0.6 is 11.3 Å². The molecular formula is C10H10N2O2S. The van der Waals surface area contributed by atoms with Crippen LogP contribution in [0, 0.1) is 0 Å². The van der Waals surface area contributed by atoms with Gasteiger partial charge in [-0.2, -0.15) is 0 Å². The Kier molecular flexibility index (Phi) is 2.73. The highest BCUT2D eigenvalue weighted by Gasteiger charge is 2.10. The number of thiophene rings is 1. The van der Waals surface area contributed by atoms with Crippen LogP contribution in [0.3, 0.4) is 0 Å². The fraction of sp³-hybridized carbons (Fsp3) is 0.100. The van der Waals surface area contributed by atoms with Gasteiger partial charge in [0, 0.05) is 0 Å². The molecule has 0 bridgehead atoms. The van der Waals surface area contributed by atoms with Crippen molar-refractivity contribution in [1.29, 1.82) is 0 Å². The first-order valence-corrected chi connectivity index (χ1v) is 5.29. The van der Waals surface area contributed by atoms with Gasteiger partial charge in [-0.05, 0) is 23.6 Å². The molecule has 3 N–H and O–H groups in total. The number of anilines is 1. The lowest BCUT2D eigenvalue weighted by atomic mass is 10.3. The van der Waals surface area contributed by atoms with Gasteiger partial charge in [0.2, 0.25) is 0 Å².